The summed E-state index contributed by atoms with van der Waals surface area (Å²) in [6, 6.07) is 3.13. The summed E-state index contributed by atoms with van der Waals surface area (Å²) in [5.74, 6) is -1.55. The third-order valence-corrected chi connectivity index (χ3v) is 4.53. The van der Waals surface area contributed by atoms with Gasteiger partial charge in [0.2, 0.25) is 5.91 Å². The van der Waals surface area contributed by atoms with Crippen molar-refractivity contribution in [2.45, 2.75) is 38.3 Å². The Hall–Kier alpha value is -2.35. The molecule has 1 unspecified atom stereocenters. The molecule has 128 valence electrons. The summed E-state index contributed by atoms with van der Waals surface area (Å²) in [4.78, 5) is 17.9. The van der Waals surface area contributed by atoms with Crippen LogP contribution in [0.2, 0.25) is 0 Å². The number of amides is 1. The molecule has 0 radical (unpaired) electrons. The van der Waals surface area contributed by atoms with Crippen molar-refractivity contribution < 1.29 is 18.1 Å². The summed E-state index contributed by atoms with van der Waals surface area (Å²) >= 11 is 0. The van der Waals surface area contributed by atoms with Crippen LogP contribution >= 0.6 is 0 Å². The van der Waals surface area contributed by atoms with E-state index in [1.165, 1.54) is 6.07 Å². The molecule has 1 aromatic carbocycles. The van der Waals surface area contributed by atoms with Crippen LogP contribution < -0.4 is 5.73 Å². The van der Waals surface area contributed by atoms with Gasteiger partial charge in [-0.15, -0.1) is 0 Å². The van der Waals surface area contributed by atoms with Gasteiger partial charge in [-0.05, 0) is 44.9 Å². The predicted octanol–water partition coefficient (Wildman–Crippen LogP) is 2.24. The second-order valence-electron chi connectivity index (χ2n) is 6.16. The van der Waals surface area contributed by atoms with E-state index in [1.807, 2.05) is 4.90 Å². The van der Waals surface area contributed by atoms with Crippen molar-refractivity contribution >= 4 is 5.91 Å². The Morgan fingerprint density at radius 1 is 1.42 bits per heavy atom. The van der Waals surface area contributed by atoms with Crippen molar-refractivity contribution in [1.29, 1.82) is 0 Å². The summed E-state index contributed by atoms with van der Waals surface area (Å²) in [6.45, 7) is 2.76. The first-order valence-corrected chi connectivity index (χ1v) is 7.73. The largest absolute Gasteiger partial charge is 0.368 e. The highest BCUT2D eigenvalue weighted by Crippen LogP contribution is 2.29. The van der Waals surface area contributed by atoms with Crippen molar-refractivity contribution in [2.24, 2.45) is 5.73 Å². The topological polar surface area (TPSA) is 85.3 Å². The average Bonchev–Trinajstić information content (AvgIpc) is 2.98. The van der Waals surface area contributed by atoms with Gasteiger partial charge < -0.3 is 10.3 Å². The Morgan fingerprint density at radius 2 is 2.21 bits per heavy atom. The standard InChI is InChI=1S/C16H18F2N4O2/c1-16(15(19)23)6-2-3-7-22(16)9-13-20-14(24-21-13)11-5-4-10(17)8-12(11)18/h4-5,8H,2-3,6-7,9H2,1H3,(H2,19,23). The van der Waals surface area contributed by atoms with Crippen molar-refractivity contribution in [2.75, 3.05) is 6.54 Å². The summed E-state index contributed by atoms with van der Waals surface area (Å²) < 4.78 is 31.9. The van der Waals surface area contributed by atoms with E-state index < -0.39 is 23.1 Å². The van der Waals surface area contributed by atoms with Gasteiger partial charge in [0.1, 0.15) is 11.6 Å². The van der Waals surface area contributed by atoms with E-state index in [0.29, 0.717) is 18.8 Å². The highest BCUT2D eigenvalue weighted by molar-refractivity contribution is 5.84. The fraction of sp³-hybridized carbons (Fsp3) is 0.438. The Labute approximate surface area is 137 Å². The quantitative estimate of drug-likeness (QED) is 0.925. The maximum atomic E-state index is 13.8. The number of carbonyl (C=O) groups excluding carboxylic acids is 1. The minimum absolute atomic E-state index is 0.0275. The fourth-order valence-corrected chi connectivity index (χ4v) is 2.97. The summed E-state index contributed by atoms with van der Waals surface area (Å²) in [5, 5.41) is 3.83. The minimum atomic E-state index is -0.773. The summed E-state index contributed by atoms with van der Waals surface area (Å²) in [7, 11) is 0. The third-order valence-electron chi connectivity index (χ3n) is 4.53. The maximum Gasteiger partial charge on any atom is 0.260 e. The van der Waals surface area contributed by atoms with E-state index >= 15 is 0 Å². The molecule has 2 heterocycles. The number of hydrogen-bond donors (Lipinski definition) is 1. The van der Waals surface area contributed by atoms with Crippen molar-refractivity contribution in [3.05, 3.63) is 35.7 Å². The number of nitrogens with zero attached hydrogens (tertiary/aromatic N) is 3. The smallest absolute Gasteiger partial charge is 0.260 e. The molecule has 1 aliphatic rings. The number of carbonyl (C=O) groups is 1. The molecule has 1 aliphatic heterocycles. The second kappa shape index (κ2) is 6.27. The number of halogens is 2. The van der Waals surface area contributed by atoms with Gasteiger partial charge in [-0.2, -0.15) is 4.98 Å². The number of primary amides is 1. The van der Waals surface area contributed by atoms with Gasteiger partial charge in [0, 0.05) is 6.07 Å². The second-order valence-corrected chi connectivity index (χ2v) is 6.16. The molecule has 1 saturated heterocycles. The zero-order valence-electron chi connectivity index (χ0n) is 13.3. The number of rotatable bonds is 4. The zero-order chi connectivity index (χ0) is 17.3. The first-order chi connectivity index (χ1) is 11.4. The molecule has 1 aromatic heterocycles. The minimum Gasteiger partial charge on any atom is -0.368 e. The maximum absolute atomic E-state index is 13.8. The number of hydrogen-bond acceptors (Lipinski definition) is 5. The Balaban J connectivity index is 1.82. The van der Waals surface area contributed by atoms with Crippen LogP contribution in [0.4, 0.5) is 8.78 Å². The van der Waals surface area contributed by atoms with E-state index in [0.717, 1.165) is 25.0 Å². The van der Waals surface area contributed by atoms with Gasteiger partial charge in [0.15, 0.2) is 5.82 Å². The molecule has 2 N–H and O–H groups in total. The SMILES string of the molecule is CC1(C(N)=O)CCCCN1Cc1noc(-c2ccc(F)cc2F)n1. The van der Waals surface area contributed by atoms with Crippen LogP contribution in [0.5, 0.6) is 0 Å². The van der Waals surface area contributed by atoms with Crippen molar-refractivity contribution in [3.8, 4) is 11.5 Å². The number of likely N-dealkylation sites (tertiary alicyclic amines) is 1. The van der Waals surface area contributed by atoms with Crippen molar-refractivity contribution in [1.82, 2.24) is 15.0 Å². The normalized spacial score (nSPS) is 21.8. The van der Waals surface area contributed by atoms with E-state index in [2.05, 4.69) is 10.1 Å². The van der Waals surface area contributed by atoms with E-state index in [9.17, 15) is 13.6 Å². The van der Waals surface area contributed by atoms with Crippen LogP contribution in [0.25, 0.3) is 11.5 Å². The lowest BCUT2D eigenvalue weighted by Gasteiger charge is -2.41. The molecule has 1 fully saturated rings. The highest BCUT2D eigenvalue weighted by atomic mass is 19.1. The Bertz CT molecular complexity index is 764. The molecule has 0 saturated carbocycles. The van der Waals surface area contributed by atoms with Gasteiger partial charge in [-0.1, -0.05) is 5.16 Å². The van der Waals surface area contributed by atoms with Gasteiger partial charge >= 0.3 is 0 Å². The van der Waals surface area contributed by atoms with E-state index in [-0.39, 0.29) is 18.0 Å². The van der Waals surface area contributed by atoms with Gasteiger partial charge in [-0.25, -0.2) is 8.78 Å². The van der Waals surface area contributed by atoms with Gasteiger partial charge in [-0.3, -0.25) is 9.69 Å². The Morgan fingerprint density at radius 3 is 2.92 bits per heavy atom. The van der Waals surface area contributed by atoms with Crippen LogP contribution in [0.3, 0.4) is 0 Å². The summed E-state index contributed by atoms with van der Waals surface area (Å²) in [5.41, 5.74) is 4.82. The van der Waals surface area contributed by atoms with Crippen LogP contribution in [0.15, 0.2) is 22.7 Å². The van der Waals surface area contributed by atoms with Crippen LogP contribution in [0, 0.1) is 11.6 Å². The predicted molar refractivity (Wildman–Crippen MR) is 81.5 cm³/mol. The molecule has 0 bridgehead atoms. The highest BCUT2D eigenvalue weighted by Gasteiger charge is 2.40. The van der Waals surface area contributed by atoms with Crippen LogP contribution in [-0.2, 0) is 11.3 Å². The molecule has 0 aliphatic carbocycles. The van der Waals surface area contributed by atoms with E-state index in [4.69, 9.17) is 10.3 Å². The summed E-state index contributed by atoms with van der Waals surface area (Å²) in [6.07, 6.45) is 2.54. The molecule has 0 spiro atoms. The fourth-order valence-electron chi connectivity index (χ4n) is 2.97. The molecule has 8 heteroatoms. The molecule has 1 atom stereocenters. The number of benzene rings is 1. The lowest BCUT2D eigenvalue weighted by Crippen LogP contribution is -2.57. The molecule has 2 aromatic rings. The third kappa shape index (κ3) is 3.01. The first-order valence-electron chi connectivity index (χ1n) is 7.73. The van der Waals surface area contributed by atoms with Crippen LogP contribution in [0.1, 0.15) is 32.0 Å². The Kier molecular flexibility index (Phi) is 4.31. The molecular weight excluding hydrogens is 318 g/mol. The zero-order valence-corrected chi connectivity index (χ0v) is 13.3. The monoisotopic (exact) mass is 336 g/mol. The lowest BCUT2D eigenvalue weighted by molar-refractivity contribution is -0.132. The average molecular weight is 336 g/mol. The van der Waals surface area contributed by atoms with Gasteiger partial charge in [0.25, 0.3) is 5.89 Å². The number of aromatic nitrogens is 2. The van der Waals surface area contributed by atoms with Crippen LogP contribution in [-0.4, -0.2) is 33.0 Å². The molecule has 6 nitrogen and oxygen atoms in total. The van der Waals surface area contributed by atoms with E-state index in [1.54, 1.807) is 6.92 Å². The number of piperidine rings is 1. The number of nitrogens with two attached hydrogens (primary N) is 1. The molecular formula is C16H18F2N4O2. The van der Waals surface area contributed by atoms with Crippen molar-refractivity contribution in [3.63, 3.8) is 0 Å². The molecule has 3 rings (SSSR count). The molecule has 24 heavy (non-hydrogen) atoms. The lowest BCUT2D eigenvalue weighted by atomic mass is 9.88. The first kappa shape index (κ1) is 16.5. The molecule has 1 amide bonds. The van der Waals surface area contributed by atoms with Gasteiger partial charge in [0.05, 0.1) is 17.6 Å².